The van der Waals surface area contributed by atoms with Gasteiger partial charge in [-0.2, -0.15) is 0 Å². The van der Waals surface area contributed by atoms with Gasteiger partial charge in [-0.1, -0.05) is 15.9 Å². The van der Waals surface area contributed by atoms with Gasteiger partial charge in [-0.05, 0) is 25.1 Å². The monoisotopic (exact) mass is 338 g/mol. The molecular weight excluding hydrogens is 324 g/mol. The fraction of sp³-hybridized carbons (Fsp3) is 0.308. The van der Waals surface area contributed by atoms with E-state index in [1.165, 1.54) is 7.11 Å². The zero-order valence-electron chi connectivity index (χ0n) is 11.4. The van der Waals surface area contributed by atoms with Crippen molar-refractivity contribution in [3.63, 3.8) is 0 Å². The maximum absolute atomic E-state index is 12.3. The largest absolute Gasteiger partial charge is 0.496 e. The first-order valence-corrected chi connectivity index (χ1v) is 6.80. The van der Waals surface area contributed by atoms with E-state index in [2.05, 4.69) is 31.4 Å². The Morgan fingerprint density at radius 3 is 2.85 bits per heavy atom. The fourth-order valence-corrected chi connectivity index (χ4v) is 2.22. The quantitative estimate of drug-likeness (QED) is 0.926. The van der Waals surface area contributed by atoms with E-state index in [-0.39, 0.29) is 11.9 Å². The molecule has 6 nitrogen and oxygen atoms in total. The highest BCUT2D eigenvalue weighted by Crippen LogP contribution is 2.24. The van der Waals surface area contributed by atoms with Crippen LogP contribution in [0.1, 0.15) is 29.1 Å². The highest BCUT2D eigenvalue weighted by Gasteiger charge is 2.18. The van der Waals surface area contributed by atoms with Gasteiger partial charge in [-0.25, -0.2) is 0 Å². The molecule has 0 spiro atoms. The van der Waals surface area contributed by atoms with Crippen LogP contribution in [-0.4, -0.2) is 27.8 Å². The van der Waals surface area contributed by atoms with Crippen molar-refractivity contribution in [3.05, 3.63) is 40.4 Å². The number of aromatic nitrogens is 3. The molecule has 20 heavy (non-hydrogen) atoms. The van der Waals surface area contributed by atoms with Crippen LogP contribution in [0.5, 0.6) is 5.75 Å². The normalized spacial score (nSPS) is 12.0. The smallest absolute Gasteiger partial charge is 0.255 e. The summed E-state index contributed by atoms with van der Waals surface area (Å²) >= 11 is 3.34. The van der Waals surface area contributed by atoms with Gasteiger partial charge in [0.15, 0.2) is 5.82 Å². The van der Waals surface area contributed by atoms with Gasteiger partial charge in [0.25, 0.3) is 5.91 Å². The summed E-state index contributed by atoms with van der Waals surface area (Å²) in [6, 6.07) is 5.01. The molecule has 1 unspecified atom stereocenters. The Hall–Kier alpha value is -1.89. The standard InChI is InChI=1S/C13H15BrN4O2/c1-8(12-17-15-7-18(12)2)16-13(19)10-5-4-9(14)6-11(10)20-3/h4-8H,1-3H3,(H,16,19). The van der Waals surface area contributed by atoms with E-state index in [1.54, 1.807) is 29.1 Å². The highest BCUT2D eigenvalue weighted by molar-refractivity contribution is 9.10. The van der Waals surface area contributed by atoms with Crippen molar-refractivity contribution in [1.29, 1.82) is 0 Å². The summed E-state index contributed by atoms with van der Waals surface area (Å²) in [5, 5.41) is 10.7. The van der Waals surface area contributed by atoms with Crippen LogP contribution in [0.3, 0.4) is 0 Å². The summed E-state index contributed by atoms with van der Waals surface area (Å²) in [6.45, 7) is 1.85. The summed E-state index contributed by atoms with van der Waals surface area (Å²) in [6.07, 6.45) is 1.60. The van der Waals surface area contributed by atoms with Crippen molar-refractivity contribution in [2.24, 2.45) is 7.05 Å². The van der Waals surface area contributed by atoms with Crippen LogP contribution >= 0.6 is 15.9 Å². The van der Waals surface area contributed by atoms with E-state index in [0.717, 1.165) is 4.47 Å². The van der Waals surface area contributed by atoms with E-state index in [0.29, 0.717) is 17.1 Å². The number of ether oxygens (including phenoxy) is 1. The average molecular weight is 339 g/mol. The molecule has 0 bridgehead atoms. The summed E-state index contributed by atoms with van der Waals surface area (Å²) in [4.78, 5) is 12.3. The zero-order chi connectivity index (χ0) is 14.7. The van der Waals surface area contributed by atoms with Crippen molar-refractivity contribution >= 4 is 21.8 Å². The summed E-state index contributed by atoms with van der Waals surface area (Å²) in [5.74, 6) is 0.987. The Labute approximate surface area is 125 Å². The number of nitrogens with one attached hydrogen (secondary N) is 1. The second-order valence-electron chi connectivity index (χ2n) is 4.34. The summed E-state index contributed by atoms with van der Waals surface area (Å²) in [7, 11) is 3.36. The first kappa shape index (κ1) is 14.5. The molecule has 2 aromatic rings. The third-order valence-corrected chi connectivity index (χ3v) is 3.38. The lowest BCUT2D eigenvalue weighted by molar-refractivity contribution is 0.0934. The Morgan fingerprint density at radius 2 is 2.25 bits per heavy atom. The van der Waals surface area contributed by atoms with Crippen molar-refractivity contribution in [3.8, 4) is 5.75 Å². The third kappa shape index (κ3) is 2.98. The van der Waals surface area contributed by atoms with Crippen LogP contribution in [-0.2, 0) is 7.05 Å². The maximum atomic E-state index is 12.3. The lowest BCUT2D eigenvalue weighted by atomic mass is 10.1. The number of halogens is 1. The van der Waals surface area contributed by atoms with Crippen LogP contribution in [0.2, 0.25) is 0 Å². The molecule has 1 amide bonds. The molecule has 2 rings (SSSR count). The molecule has 106 valence electrons. The molecule has 0 saturated heterocycles. The predicted molar refractivity (Wildman–Crippen MR) is 77.6 cm³/mol. The van der Waals surface area contributed by atoms with Gasteiger partial charge in [0, 0.05) is 11.5 Å². The number of methoxy groups -OCH3 is 1. The van der Waals surface area contributed by atoms with Crippen molar-refractivity contribution < 1.29 is 9.53 Å². The van der Waals surface area contributed by atoms with Gasteiger partial charge < -0.3 is 14.6 Å². The van der Waals surface area contributed by atoms with Gasteiger partial charge in [0.1, 0.15) is 12.1 Å². The number of carbonyl (C=O) groups is 1. The van der Waals surface area contributed by atoms with Crippen molar-refractivity contribution in [2.75, 3.05) is 7.11 Å². The molecule has 0 aliphatic rings. The highest BCUT2D eigenvalue weighted by atomic mass is 79.9. The van der Waals surface area contributed by atoms with E-state index in [9.17, 15) is 4.79 Å². The van der Waals surface area contributed by atoms with Crippen LogP contribution in [0.4, 0.5) is 0 Å². The third-order valence-electron chi connectivity index (χ3n) is 2.89. The zero-order valence-corrected chi connectivity index (χ0v) is 13.0. The van der Waals surface area contributed by atoms with E-state index in [1.807, 2.05) is 14.0 Å². The number of aryl methyl sites for hydroxylation is 1. The summed E-state index contributed by atoms with van der Waals surface area (Å²) < 4.78 is 7.84. The number of carbonyl (C=O) groups excluding carboxylic acids is 1. The molecule has 1 heterocycles. The summed E-state index contributed by atoms with van der Waals surface area (Å²) in [5.41, 5.74) is 0.477. The minimum Gasteiger partial charge on any atom is -0.496 e. The van der Waals surface area contributed by atoms with Crippen molar-refractivity contribution in [2.45, 2.75) is 13.0 Å². The van der Waals surface area contributed by atoms with Gasteiger partial charge in [0.2, 0.25) is 0 Å². The molecule has 1 N–H and O–H groups in total. The minimum atomic E-state index is -0.247. The SMILES string of the molecule is COc1cc(Br)ccc1C(=O)NC(C)c1nncn1C. The van der Waals surface area contributed by atoms with Gasteiger partial charge in [0.05, 0.1) is 18.7 Å². The lowest BCUT2D eigenvalue weighted by Gasteiger charge is -2.14. The second-order valence-corrected chi connectivity index (χ2v) is 5.26. The van der Waals surface area contributed by atoms with E-state index < -0.39 is 0 Å². The number of nitrogens with zero attached hydrogens (tertiary/aromatic N) is 3. The molecular formula is C13H15BrN4O2. The van der Waals surface area contributed by atoms with E-state index >= 15 is 0 Å². The van der Waals surface area contributed by atoms with Crippen molar-refractivity contribution in [1.82, 2.24) is 20.1 Å². The maximum Gasteiger partial charge on any atom is 0.255 e. The fourth-order valence-electron chi connectivity index (χ4n) is 1.88. The molecule has 1 atom stereocenters. The predicted octanol–water partition coefficient (Wildman–Crippen LogP) is 2.08. The molecule has 0 aliphatic carbocycles. The van der Waals surface area contributed by atoms with E-state index in [4.69, 9.17) is 4.74 Å². The number of hydrogen-bond donors (Lipinski definition) is 1. The Bertz CT molecular complexity index is 627. The minimum absolute atomic E-state index is 0.218. The molecule has 1 aromatic heterocycles. The molecule has 7 heteroatoms. The molecule has 0 saturated carbocycles. The lowest BCUT2D eigenvalue weighted by Crippen LogP contribution is -2.28. The number of amides is 1. The van der Waals surface area contributed by atoms with Crippen LogP contribution in [0.15, 0.2) is 29.0 Å². The van der Waals surface area contributed by atoms with Crippen LogP contribution in [0, 0.1) is 0 Å². The first-order valence-electron chi connectivity index (χ1n) is 6.01. The molecule has 0 fully saturated rings. The first-order chi connectivity index (χ1) is 9.52. The van der Waals surface area contributed by atoms with Gasteiger partial charge in [-0.3, -0.25) is 4.79 Å². The topological polar surface area (TPSA) is 69.0 Å². The molecule has 1 aromatic carbocycles. The van der Waals surface area contributed by atoms with Gasteiger partial charge >= 0.3 is 0 Å². The Balaban J connectivity index is 2.18. The van der Waals surface area contributed by atoms with Crippen LogP contribution in [0.25, 0.3) is 0 Å². The number of rotatable bonds is 4. The van der Waals surface area contributed by atoms with Crippen LogP contribution < -0.4 is 10.1 Å². The Kier molecular flexibility index (Phi) is 4.39. The van der Waals surface area contributed by atoms with Gasteiger partial charge in [-0.15, -0.1) is 10.2 Å². The number of hydrogen-bond acceptors (Lipinski definition) is 4. The number of benzene rings is 1. The Morgan fingerprint density at radius 1 is 1.50 bits per heavy atom. The average Bonchev–Trinajstić information content (AvgIpc) is 2.84. The second kappa shape index (κ2) is 6.04. The molecule has 0 aliphatic heterocycles. The molecule has 0 radical (unpaired) electrons.